The van der Waals surface area contributed by atoms with Crippen LogP contribution in [0.2, 0.25) is 0 Å². The van der Waals surface area contributed by atoms with Crippen LogP contribution in [0.5, 0.6) is 11.5 Å². The Labute approximate surface area is 227 Å². The molecule has 3 aromatic carbocycles. The quantitative estimate of drug-likeness (QED) is 0.120. The molecule has 0 amide bonds. The molecule has 208 valence electrons. The maximum absolute atomic E-state index is 13.3. The second kappa shape index (κ2) is 12.3. The molecule has 0 aliphatic heterocycles. The number of carbonyl (C=O) groups excluding carboxylic acids is 1. The summed E-state index contributed by atoms with van der Waals surface area (Å²) in [5.74, 6) is -0.146. The van der Waals surface area contributed by atoms with Gasteiger partial charge >= 0.3 is 24.2 Å². The number of ether oxygens (including phenoxy) is 2. The summed E-state index contributed by atoms with van der Waals surface area (Å²) in [4.78, 5) is 12.2. The van der Waals surface area contributed by atoms with Crippen molar-refractivity contribution < 1.29 is 40.6 Å². The fourth-order valence-electron chi connectivity index (χ4n) is 4.66. The molecule has 0 saturated heterocycles. The van der Waals surface area contributed by atoms with Crippen LogP contribution in [-0.4, -0.2) is 5.78 Å². The van der Waals surface area contributed by atoms with Gasteiger partial charge in [-0.3, -0.25) is 4.79 Å². The highest BCUT2D eigenvalue weighted by Crippen LogP contribution is 2.40. The number of benzene rings is 3. The maximum atomic E-state index is 13.3. The van der Waals surface area contributed by atoms with Crippen molar-refractivity contribution in [1.29, 1.82) is 0 Å². The fraction of sp³-hybridized carbons (Fsp3) is 0.194. The third-order valence-electron chi connectivity index (χ3n) is 6.86. The summed E-state index contributed by atoms with van der Waals surface area (Å²) >= 11 is 0. The predicted octanol–water partition coefficient (Wildman–Crippen LogP) is 9.40. The first-order valence-electron chi connectivity index (χ1n) is 12.4. The van der Waals surface area contributed by atoms with Gasteiger partial charge in [-0.2, -0.15) is 26.3 Å². The summed E-state index contributed by atoms with van der Waals surface area (Å²) in [6.45, 7) is 1.88. The molecule has 0 aromatic heterocycles. The van der Waals surface area contributed by atoms with E-state index in [0.717, 1.165) is 36.0 Å². The van der Waals surface area contributed by atoms with Crippen LogP contribution in [0.1, 0.15) is 54.9 Å². The molecule has 0 atom stereocenters. The molecular weight excluding hydrogens is 534 g/mol. The topological polar surface area (TPSA) is 35.5 Å². The maximum Gasteiger partial charge on any atom is 0.344 e. The lowest BCUT2D eigenvalue weighted by Crippen LogP contribution is -2.25. The molecular formula is C31H24F6O3. The van der Waals surface area contributed by atoms with E-state index in [1.165, 1.54) is 24.3 Å². The van der Waals surface area contributed by atoms with Gasteiger partial charge in [0.1, 0.15) is 11.5 Å². The number of rotatable bonds is 8. The summed E-state index contributed by atoms with van der Waals surface area (Å²) in [5, 5.41) is 0. The van der Waals surface area contributed by atoms with Gasteiger partial charge < -0.3 is 9.47 Å². The highest BCUT2D eigenvalue weighted by molar-refractivity contribution is 6.00. The van der Waals surface area contributed by atoms with E-state index >= 15 is 0 Å². The summed E-state index contributed by atoms with van der Waals surface area (Å²) in [5.41, 5.74) is 2.83. The molecule has 0 unspecified atom stereocenters. The first kappa shape index (κ1) is 28.7. The Balaban J connectivity index is 1.73. The van der Waals surface area contributed by atoms with Crippen molar-refractivity contribution in [2.24, 2.45) is 0 Å². The lowest BCUT2D eigenvalue weighted by atomic mass is 9.71. The van der Waals surface area contributed by atoms with Gasteiger partial charge in [0.25, 0.3) is 0 Å². The summed E-state index contributed by atoms with van der Waals surface area (Å²) in [7, 11) is 0. The van der Waals surface area contributed by atoms with Crippen molar-refractivity contribution in [3.63, 3.8) is 0 Å². The smallest absolute Gasteiger partial charge is 0.344 e. The number of carbonyl (C=O) groups is 1. The summed E-state index contributed by atoms with van der Waals surface area (Å²) in [6.07, 6.45) is -0.178. The van der Waals surface area contributed by atoms with Crippen molar-refractivity contribution in [1.82, 2.24) is 0 Å². The van der Waals surface area contributed by atoms with Crippen molar-refractivity contribution in [2.45, 2.75) is 38.0 Å². The summed E-state index contributed by atoms with van der Waals surface area (Å²) in [6, 6.07) is 15.2. The second-order valence-corrected chi connectivity index (χ2v) is 9.37. The lowest BCUT2D eigenvalue weighted by molar-refractivity contribution is -0.116. The first-order chi connectivity index (χ1) is 19.1. The molecule has 0 bridgehead atoms. The minimum Gasteiger partial charge on any atom is -0.428 e. The van der Waals surface area contributed by atoms with Gasteiger partial charge in [0.15, 0.2) is 5.78 Å². The molecule has 1 aliphatic carbocycles. The molecule has 0 radical (unpaired) electrons. The zero-order valence-corrected chi connectivity index (χ0v) is 21.3. The van der Waals surface area contributed by atoms with Gasteiger partial charge in [-0.1, -0.05) is 48.5 Å². The van der Waals surface area contributed by atoms with Gasteiger partial charge in [-0.25, -0.2) is 0 Å². The zero-order chi connectivity index (χ0) is 28.9. The van der Waals surface area contributed by atoms with Crippen molar-refractivity contribution in [2.75, 3.05) is 0 Å². The minimum absolute atomic E-state index is 0.141. The average Bonchev–Trinajstić information content (AvgIpc) is 2.95. The molecule has 0 heterocycles. The van der Waals surface area contributed by atoms with Crippen LogP contribution in [0.15, 0.2) is 103 Å². The molecule has 40 heavy (non-hydrogen) atoms. The van der Waals surface area contributed by atoms with Crippen molar-refractivity contribution in [3.8, 4) is 11.5 Å². The van der Waals surface area contributed by atoms with Crippen LogP contribution in [0.3, 0.4) is 0 Å². The summed E-state index contributed by atoms with van der Waals surface area (Å²) < 4.78 is 85.5. The Morgan fingerprint density at radius 2 is 1.05 bits per heavy atom. The van der Waals surface area contributed by atoms with Crippen LogP contribution < -0.4 is 9.47 Å². The zero-order valence-electron chi connectivity index (χ0n) is 21.3. The van der Waals surface area contributed by atoms with E-state index in [-0.39, 0.29) is 17.3 Å². The third kappa shape index (κ3) is 6.47. The standard InChI is InChI=1S/C31H24F6O3/c1-31(22-10-14-24(15-11-22)39-29(36)27(32)33,23-12-16-25(17-13-23)40-30(37)28(34)35)21-8-6-19(7-9-21)18-20-4-2-3-5-26(20)38/h6-18H,2-5H2,1H3. The van der Waals surface area contributed by atoms with Gasteiger partial charge in [0, 0.05) is 11.8 Å². The lowest BCUT2D eigenvalue weighted by Gasteiger charge is -2.32. The minimum atomic E-state index is -2.58. The first-order valence-corrected chi connectivity index (χ1v) is 12.4. The Morgan fingerprint density at radius 1 is 0.650 bits per heavy atom. The molecule has 4 rings (SSSR count). The van der Waals surface area contributed by atoms with E-state index < -0.39 is 29.6 Å². The number of ketones is 1. The van der Waals surface area contributed by atoms with Crippen LogP contribution in [0, 0.1) is 0 Å². The molecule has 1 fully saturated rings. The van der Waals surface area contributed by atoms with Gasteiger partial charge in [0.2, 0.25) is 0 Å². The largest absolute Gasteiger partial charge is 0.428 e. The molecule has 1 saturated carbocycles. The number of halogens is 6. The van der Waals surface area contributed by atoms with E-state index in [1.807, 2.05) is 37.3 Å². The normalized spacial score (nSPS) is 14.6. The SMILES string of the molecule is CC(c1ccc(C=C2CCCCC2=O)cc1)(c1ccc(OC(F)=C(F)F)cc1)c1ccc(OC(F)=C(F)F)cc1. The fourth-order valence-corrected chi connectivity index (χ4v) is 4.66. The van der Waals surface area contributed by atoms with Gasteiger partial charge in [0.05, 0.1) is 0 Å². The number of allylic oxidation sites excluding steroid dienone is 1. The number of Topliss-reactive ketones (excluding diaryl/α,β-unsaturated/α-hetero) is 1. The number of hydrogen-bond acceptors (Lipinski definition) is 3. The molecule has 9 heteroatoms. The predicted molar refractivity (Wildman–Crippen MR) is 138 cm³/mol. The Hall–Kier alpha value is -4.27. The Kier molecular flexibility index (Phi) is 8.82. The van der Waals surface area contributed by atoms with E-state index in [4.69, 9.17) is 0 Å². The average molecular weight is 559 g/mol. The van der Waals surface area contributed by atoms with Gasteiger partial charge in [-0.05, 0) is 84.4 Å². The van der Waals surface area contributed by atoms with E-state index in [1.54, 1.807) is 24.3 Å². The van der Waals surface area contributed by atoms with Gasteiger partial charge in [-0.15, -0.1) is 0 Å². The molecule has 3 nitrogen and oxygen atoms in total. The van der Waals surface area contributed by atoms with Crippen LogP contribution in [-0.2, 0) is 10.2 Å². The highest BCUT2D eigenvalue weighted by Gasteiger charge is 2.31. The molecule has 0 spiro atoms. The molecule has 1 aliphatic rings. The van der Waals surface area contributed by atoms with Crippen molar-refractivity contribution in [3.05, 3.63) is 125 Å². The number of hydrogen-bond donors (Lipinski definition) is 0. The van der Waals surface area contributed by atoms with E-state index in [9.17, 15) is 31.1 Å². The monoisotopic (exact) mass is 558 g/mol. The Morgan fingerprint density at radius 3 is 1.45 bits per heavy atom. The highest BCUT2D eigenvalue weighted by atomic mass is 19.3. The van der Waals surface area contributed by atoms with Crippen LogP contribution in [0.25, 0.3) is 6.08 Å². The second-order valence-electron chi connectivity index (χ2n) is 9.37. The Bertz CT molecular complexity index is 1380. The van der Waals surface area contributed by atoms with E-state index in [2.05, 4.69) is 9.47 Å². The third-order valence-corrected chi connectivity index (χ3v) is 6.86. The van der Waals surface area contributed by atoms with Crippen molar-refractivity contribution >= 4 is 11.9 Å². The molecule has 3 aromatic rings. The van der Waals surface area contributed by atoms with Crippen LogP contribution in [0.4, 0.5) is 26.3 Å². The van der Waals surface area contributed by atoms with E-state index in [0.29, 0.717) is 17.5 Å². The molecule has 0 N–H and O–H groups in total. The van der Waals surface area contributed by atoms with Crippen LogP contribution >= 0.6 is 0 Å².